The molecule has 3 aromatic rings. The van der Waals surface area contributed by atoms with Crippen molar-refractivity contribution in [2.24, 2.45) is 0 Å². The summed E-state index contributed by atoms with van der Waals surface area (Å²) in [5, 5.41) is -0.912. The number of allylic oxidation sites excluding steroid dienone is 1. The summed E-state index contributed by atoms with van der Waals surface area (Å²) in [6.07, 6.45) is 3.56. The van der Waals surface area contributed by atoms with Crippen molar-refractivity contribution in [1.29, 1.82) is 0 Å². The second-order valence-electron chi connectivity index (χ2n) is 7.57. The number of unbranched alkanes of at least 4 members (excludes halogenated alkanes) is 2. The molecular weight excluding hydrogens is 420 g/mol. The molecule has 0 aromatic heterocycles. The van der Waals surface area contributed by atoms with Crippen LogP contribution in [0.5, 0.6) is 0 Å². The highest BCUT2D eigenvalue weighted by Crippen LogP contribution is 2.34. The van der Waals surface area contributed by atoms with Crippen molar-refractivity contribution in [2.45, 2.75) is 41.9 Å². The van der Waals surface area contributed by atoms with Crippen LogP contribution in [0.4, 0.5) is 0 Å². The van der Waals surface area contributed by atoms with Crippen LogP contribution in [0.15, 0.2) is 109 Å². The van der Waals surface area contributed by atoms with E-state index in [1.54, 1.807) is 66.7 Å². The van der Waals surface area contributed by atoms with Gasteiger partial charge < -0.3 is 4.74 Å². The van der Waals surface area contributed by atoms with E-state index in [0.29, 0.717) is 24.0 Å². The number of hydrogen-bond acceptors (Lipinski definition) is 4. The zero-order valence-corrected chi connectivity index (χ0v) is 18.8. The quantitative estimate of drug-likeness (QED) is 0.200. The molecular formula is C27H28O4S. The molecule has 2 atom stereocenters. The maximum Gasteiger partial charge on any atom is 0.338 e. The van der Waals surface area contributed by atoms with Crippen molar-refractivity contribution in [2.75, 3.05) is 0 Å². The highest BCUT2D eigenvalue weighted by molar-refractivity contribution is 7.92. The van der Waals surface area contributed by atoms with E-state index in [-0.39, 0.29) is 4.90 Å². The van der Waals surface area contributed by atoms with E-state index >= 15 is 0 Å². The molecule has 3 aromatic carbocycles. The SMILES string of the molecule is C=CCCCCC(C(OC(=O)c1ccccc1)c1ccccc1)S(=O)(=O)c1ccccc1. The summed E-state index contributed by atoms with van der Waals surface area (Å²) in [5.74, 6) is -0.543. The molecule has 4 nitrogen and oxygen atoms in total. The minimum atomic E-state index is -3.77. The Hall–Kier alpha value is -3.18. The molecule has 0 spiro atoms. The summed E-state index contributed by atoms with van der Waals surface area (Å²) in [5.41, 5.74) is 1.04. The van der Waals surface area contributed by atoms with E-state index in [1.165, 1.54) is 0 Å². The normalized spacial score (nSPS) is 13.1. The van der Waals surface area contributed by atoms with Gasteiger partial charge in [-0.1, -0.05) is 79.2 Å². The summed E-state index contributed by atoms with van der Waals surface area (Å²) >= 11 is 0. The molecule has 0 aliphatic carbocycles. The smallest absolute Gasteiger partial charge is 0.338 e. The predicted octanol–water partition coefficient (Wildman–Crippen LogP) is 6.17. The van der Waals surface area contributed by atoms with Gasteiger partial charge in [0, 0.05) is 0 Å². The van der Waals surface area contributed by atoms with Gasteiger partial charge in [-0.15, -0.1) is 6.58 Å². The molecule has 2 unspecified atom stereocenters. The van der Waals surface area contributed by atoms with Crippen molar-refractivity contribution in [3.63, 3.8) is 0 Å². The van der Waals surface area contributed by atoms with Crippen LogP contribution in [0.3, 0.4) is 0 Å². The maximum atomic E-state index is 13.7. The molecule has 0 amide bonds. The Morgan fingerprint density at radius 1 is 0.844 bits per heavy atom. The Balaban J connectivity index is 2.01. The number of carbonyl (C=O) groups excluding carboxylic acids is 1. The average Bonchev–Trinajstić information content (AvgIpc) is 2.84. The van der Waals surface area contributed by atoms with Crippen LogP contribution in [-0.2, 0) is 14.6 Å². The van der Waals surface area contributed by atoms with Crippen molar-refractivity contribution in [3.8, 4) is 0 Å². The summed E-state index contributed by atoms with van der Waals surface area (Å²) in [4.78, 5) is 13.2. The van der Waals surface area contributed by atoms with Crippen LogP contribution in [0.2, 0.25) is 0 Å². The molecule has 0 N–H and O–H groups in total. The number of sulfone groups is 1. The Morgan fingerprint density at radius 2 is 1.41 bits per heavy atom. The Morgan fingerprint density at radius 3 is 2.00 bits per heavy atom. The van der Waals surface area contributed by atoms with Crippen molar-refractivity contribution in [1.82, 2.24) is 0 Å². The van der Waals surface area contributed by atoms with E-state index in [2.05, 4.69) is 6.58 Å². The van der Waals surface area contributed by atoms with Crippen LogP contribution in [0.25, 0.3) is 0 Å². The number of benzene rings is 3. The monoisotopic (exact) mass is 448 g/mol. The number of hydrogen-bond donors (Lipinski definition) is 0. The predicted molar refractivity (Wildman–Crippen MR) is 127 cm³/mol. The lowest BCUT2D eigenvalue weighted by molar-refractivity contribution is 0.0279. The zero-order valence-electron chi connectivity index (χ0n) is 18.0. The Bertz CT molecular complexity index is 1090. The fraction of sp³-hybridized carbons (Fsp3) is 0.222. The summed E-state index contributed by atoms with van der Waals surface area (Å²) in [6.45, 7) is 3.74. The lowest BCUT2D eigenvalue weighted by Gasteiger charge is -2.28. The van der Waals surface area contributed by atoms with E-state index < -0.39 is 27.2 Å². The van der Waals surface area contributed by atoms with Crippen LogP contribution in [0.1, 0.15) is 47.7 Å². The average molecular weight is 449 g/mol. The number of ether oxygens (including phenoxy) is 1. The molecule has 0 saturated heterocycles. The van der Waals surface area contributed by atoms with E-state index in [1.807, 2.05) is 30.3 Å². The Kier molecular flexibility index (Phi) is 8.40. The highest BCUT2D eigenvalue weighted by Gasteiger charge is 2.38. The van der Waals surface area contributed by atoms with Crippen molar-refractivity contribution >= 4 is 15.8 Å². The molecule has 0 aliphatic heterocycles. The molecule has 3 rings (SSSR count). The fourth-order valence-corrected chi connectivity index (χ4v) is 5.55. The molecule has 0 heterocycles. The van der Waals surface area contributed by atoms with Crippen molar-refractivity contribution < 1.29 is 17.9 Å². The largest absolute Gasteiger partial charge is 0.452 e. The summed E-state index contributed by atoms with van der Waals surface area (Å²) in [6, 6.07) is 26.1. The van der Waals surface area contributed by atoms with Gasteiger partial charge in [-0.2, -0.15) is 0 Å². The third kappa shape index (κ3) is 5.95. The summed E-state index contributed by atoms with van der Waals surface area (Å²) in [7, 11) is -3.77. The third-order valence-electron chi connectivity index (χ3n) is 5.33. The molecule has 166 valence electrons. The van der Waals surface area contributed by atoms with Crippen LogP contribution in [-0.4, -0.2) is 19.6 Å². The second kappa shape index (κ2) is 11.4. The minimum absolute atomic E-state index is 0.227. The van der Waals surface area contributed by atoms with Gasteiger partial charge in [0.2, 0.25) is 0 Å². The number of esters is 1. The zero-order chi connectivity index (χ0) is 22.8. The van der Waals surface area contributed by atoms with Gasteiger partial charge >= 0.3 is 5.97 Å². The fourth-order valence-electron chi connectivity index (χ4n) is 3.65. The van der Waals surface area contributed by atoms with Gasteiger partial charge in [0.05, 0.1) is 10.5 Å². The Labute approximate surface area is 190 Å². The molecule has 0 fully saturated rings. The first-order valence-electron chi connectivity index (χ1n) is 10.7. The van der Waals surface area contributed by atoms with Gasteiger partial charge in [0.1, 0.15) is 11.4 Å². The number of rotatable bonds is 11. The maximum absolute atomic E-state index is 13.7. The van der Waals surface area contributed by atoms with Crippen LogP contribution < -0.4 is 0 Å². The molecule has 0 saturated carbocycles. The number of carbonyl (C=O) groups is 1. The first kappa shape index (κ1) is 23.5. The first-order valence-corrected chi connectivity index (χ1v) is 12.3. The molecule has 0 radical (unpaired) electrons. The molecule has 32 heavy (non-hydrogen) atoms. The molecule has 0 bridgehead atoms. The second-order valence-corrected chi connectivity index (χ2v) is 9.74. The van der Waals surface area contributed by atoms with E-state index in [4.69, 9.17) is 4.74 Å². The summed E-state index contributed by atoms with van der Waals surface area (Å²) < 4.78 is 33.3. The first-order chi connectivity index (χ1) is 15.5. The standard InChI is InChI=1S/C27H28O4S/c1-2-3-4-14-21-25(32(29,30)24-19-12-7-13-20-24)26(22-15-8-5-9-16-22)31-27(28)23-17-10-6-11-18-23/h2,5-13,15-20,25-26H,1,3-4,14,21H2. The van der Waals surface area contributed by atoms with E-state index in [9.17, 15) is 13.2 Å². The van der Waals surface area contributed by atoms with E-state index in [0.717, 1.165) is 12.8 Å². The van der Waals surface area contributed by atoms with Gasteiger partial charge in [-0.3, -0.25) is 0 Å². The van der Waals surface area contributed by atoms with Crippen LogP contribution in [0, 0.1) is 0 Å². The van der Waals surface area contributed by atoms with Crippen molar-refractivity contribution in [3.05, 3.63) is 115 Å². The third-order valence-corrected chi connectivity index (χ3v) is 7.54. The highest BCUT2D eigenvalue weighted by atomic mass is 32.2. The lowest BCUT2D eigenvalue weighted by atomic mass is 10.0. The molecule has 0 aliphatic rings. The van der Waals surface area contributed by atoms with Gasteiger partial charge in [-0.25, -0.2) is 13.2 Å². The van der Waals surface area contributed by atoms with Crippen LogP contribution >= 0.6 is 0 Å². The van der Waals surface area contributed by atoms with Gasteiger partial charge in [-0.05, 0) is 49.1 Å². The van der Waals surface area contributed by atoms with Gasteiger partial charge in [0.25, 0.3) is 0 Å². The molecule has 5 heteroatoms. The van der Waals surface area contributed by atoms with Gasteiger partial charge in [0.15, 0.2) is 9.84 Å². The topological polar surface area (TPSA) is 60.4 Å². The minimum Gasteiger partial charge on any atom is -0.452 e. The lowest BCUT2D eigenvalue weighted by Crippen LogP contribution is -2.32.